The standard InChI is InChI=1S/C10H16FN2O14P3/c1-10(11)7(15)5(25-8(10)13-3-2-6(14)12-9(13)16)4-24-29(20,21)27-30(22,23)26-28(17,18)19/h2-3,5,7-8,15H,4H2,1H3,(H,20,21)(H,22,23)(H,12,14,16)(H2,17,18,19)/t5-,7-,8-,10+/m1/s1. The number of H-pyrrole nitrogens is 1. The number of ether oxygens (including phenoxy) is 1. The number of aliphatic hydroxyl groups is 1. The van der Waals surface area contributed by atoms with Crippen LogP contribution in [-0.2, 0) is 31.6 Å². The summed E-state index contributed by atoms with van der Waals surface area (Å²) in [6.07, 6.45) is -4.73. The van der Waals surface area contributed by atoms with Crippen LogP contribution >= 0.6 is 23.5 Å². The van der Waals surface area contributed by atoms with Crippen LogP contribution in [0.15, 0.2) is 21.9 Å². The third-order valence-corrected chi connectivity index (χ3v) is 7.44. The highest BCUT2D eigenvalue weighted by atomic mass is 31.3. The van der Waals surface area contributed by atoms with Gasteiger partial charge in [-0.05, 0) is 6.92 Å². The van der Waals surface area contributed by atoms with Gasteiger partial charge in [-0.2, -0.15) is 8.62 Å². The normalized spacial score (nSPS) is 31.2. The molecule has 2 heterocycles. The summed E-state index contributed by atoms with van der Waals surface area (Å²) in [6, 6.07) is 0.868. The van der Waals surface area contributed by atoms with Gasteiger partial charge in [0.1, 0.15) is 12.2 Å². The lowest BCUT2D eigenvalue weighted by Gasteiger charge is -2.24. The van der Waals surface area contributed by atoms with Gasteiger partial charge in [0.15, 0.2) is 11.9 Å². The lowest BCUT2D eigenvalue weighted by atomic mass is 9.98. The molecule has 0 amide bonds. The van der Waals surface area contributed by atoms with Gasteiger partial charge in [-0.3, -0.25) is 18.9 Å². The van der Waals surface area contributed by atoms with Gasteiger partial charge in [-0.25, -0.2) is 22.9 Å². The van der Waals surface area contributed by atoms with Crippen LogP contribution in [-0.4, -0.2) is 58.7 Å². The number of aliphatic hydroxyl groups excluding tert-OH is 1. The van der Waals surface area contributed by atoms with E-state index in [1.54, 1.807) is 0 Å². The Bertz CT molecular complexity index is 1050. The zero-order valence-corrected chi connectivity index (χ0v) is 17.4. The van der Waals surface area contributed by atoms with E-state index in [0.717, 1.165) is 19.2 Å². The highest BCUT2D eigenvalue weighted by Crippen LogP contribution is 2.66. The first kappa shape index (κ1) is 25.2. The number of halogens is 1. The quantitative estimate of drug-likeness (QED) is 0.231. The Morgan fingerprint density at radius 3 is 2.33 bits per heavy atom. The average Bonchev–Trinajstić information content (AvgIpc) is 2.73. The van der Waals surface area contributed by atoms with E-state index in [4.69, 9.17) is 19.4 Å². The summed E-state index contributed by atoms with van der Waals surface area (Å²) in [5, 5.41) is 10.1. The second kappa shape index (κ2) is 8.47. The van der Waals surface area contributed by atoms with Crippen molar-refractivity contribution < 1.29 is 60.6 Å². The number of nitrogens with one attached hydrogen (secondary N) is 1. The summed E-state index contributed by atoms with van der Waals surface area (Å²) in [5.74, 6) is 0. The van der Waals surface area contributed by atoms with Crippen LogP contribution < -0.4 is 11.2 Å². The van der Waals surface area contributed by atoms with Gasteiger partial charge in [-0.1, -0.05) is 0 Å². The molecule has 1 aliphatic heterocycles. The molecule has 0 aromatic carbocycles. The van der Waals surface area contributed by atoms with Crippen LogP contribution in [0, 0.1) is 0 Å². The van der Waals surface area contributed by atoms with Crippen LogP contribution in [0.3, 0.4) is 0 Å². The number of hydrogen-bond acceptors (Lipinski definition) is 10. The molecule has 1 saturated heterocycles. The highest BCUT2D eigenvalue weighted by Gasteiger charge is 2.56. The lowest BCUT2D eigenvalue weighted by molar-refractivity contribution is -0.0604. The number of rotatable bonds is 8. The van der Waals surface area contributed by atoms with Gasteiger partial charge >= 0.3 is 29.2 Å². The summed E-state index contributed by atoms with van der Waals surface area (Å²) in [4.78, 5) is 60.1. The zero-order valence-electron chi connectivity index (χ0n) is 14.7. The van der Waals surface area contributed by atoms with Crippen molar-refractivity contribution in [1.29, 1.82) is 0 Å². The molecule has 2 rings (SSSR count). The van der Waals surface area contributed by atoms with Crippen LogP contribution in [0.4, 0.5) is 4.39 Å². The molecule has 30 heavy (non-hydrogen) atoms. The molecule has 1 aromatic heterocycles. The molecule has 6 atom stereocenters. The van der Waals surface area contributed by atoms with Gasteiger partial charge in [0.05, 0.1) is 6.61 Å². The lowest BCUT2D eigenvalue weighted by Crippen LogP contribution is -2.43. The molecular weight excluding hydrogens is 484 g/mol. The van der Waals surface area contributed by atoms with Crippen molar-refractivity contribution in [2.45, 2.75) is 31.0 Å². The number of alkyl halides is 1. The van der Waals surface area contributed by atoms with E-state index < -0.39 is 65.4 Å². The number of hydrogen-bond donors (Lipinski definition) is 6. The van der Waals surface area contributed by atoms with E-state index in [1.807, 2.05) is 4.98 Å². The topological polar surface area (TPSA) is 244 Å². The summed E-state index contributed by atoms with van der Waals surface area (Å²) in [7, 11) is -16.9. The first-order valence-corrected chi connectivity index (χ1v) is 12.1. The first-order valence-electron chi connectivity index (χ1n) is 7.56. The Kier molecular flexibility index (Phi) is 7.11. The Labute approximate surface area is 165 Å². The maximum atomic E-state index is 14.9. The van der Waals surface area contributed by atoms with Crippen molar-refractivity contribution >= 4 is 23.5 Å². The van der Waals surface area contributed by atoms with Crippen LogP contribution in [0.2, 0.25) is 0 Å². The summed E-state index contributed by atoms with van der Waals surface area (Å²) in [5.41, 5.74) is -4.55. The molecule has 1 fully saturated rings. The maximum absolute atomic E-state index is 14.9. The Morgan fingerprint density at radius 2 is 1.80 bits per heavy atom. The van der Waals surface area contributed by atoms with Crippen LogP contribution in [0.25, 0.3) is 0 Å². The van der Waals surface area contributed by atoms with Crippen LogP contribution in [0.5, 0.6) is 0 Å². The SMILES string of the molecule is C[C@]1(F)[C@H](O)[C@@H](COP(=O)(O)OP(=O)(O)OP(=O)(O)O)O[C@H]1n1ccc(=O)[nH]c1=O. The molecule has 0 radical (unpaired) electrons. The smallest absolute Gasteiger partial charge is 0.387 e. The molecular formula is C10H16FN2O14P3. The van der Waals surface area contributed by atoms with Crippen molar-refractivity contribution in [2.75, 3.05) is 6.61 Å². The average molecular weight is 500 g/mol. The summed E-state index contributed by atoms with van der Waals surface area (Å²) >= 11 is 0. The maximum Gasteiger partial charge on any atom is 0.490 e. The molecule has 6 N–H and O–H groups in total. The highest BCUT2D eigenvalue weighted by molar-refractivity contribution is 7.66. The molecule has 1 aliphatic rings. The fourth-order valence-electron chi connectivity index (χ4n) is 2.43. The number of aromatic nitrogens is 2. The Balaban J connectivity index is 2.13. The molecule has 20 heteroatoms. The molecule has 172 valence electrons. The molecule has 0 aliphatic carbocycles. The van der Waals surface area contributed by atoms with E-state index in [0.29, 0.717) is 4.57 Å². The van der Waals surface area contributed by atoms with Gasteiger partial charge in [0, 0.05) is 12.3 Å². The molecule has 16 nitrogen and oxygen atoms in total. The molecule has 1 aromatic rings. The first-order chi connectivity index (χ1) is 13.4. The van der Waals surface area contributed by atoms with Crippen molar-refractivity contribution in [1.82, 2.24) is 9.55 Å². The number of aromatic amines is 1. The second-order valence-corrected chi connectivity index (χ2v) is 10.4. The predicted molar refractivity (Wildman–Crippen MR) is 90.6 cm³/mol. The molecule has 0 bridgehead atoms. The second-order valence-electron chi connectivity index (χ2n) is 6.03. The van der Waals surface area contributed by atoms with Gasteiger partial charge in [-0.15, -0.1) is 0 Å². The van der Waals surface area contributed by atoms with E-state index in [1.165, 1.54) is 0 Å². The minimum Gasteiger partial charge on any atom is -0.387 e. The van der Waals surface area contributed by atoms with E-state index in [-0.39, 0.29) is 0 Å². The molecule has 0 spiro atoms. The fourth-order valence-corrected chi connectivity index (χ4v) is 5.46. The third-order valence-electron chi connectivity index (χ3n) is 3.64. The van der Waals surface area contributed by atoms with Crippen molar-refractivity contribution in [3.63, 3.8) is 0 Å². The van der Waals surface area contributed by atoms with Crippen LogP contribution in [0.1, 0.15) is 13.2 Å². The van der Waals surface area contributed by atoms with E-state index in [9.17, 15) is 37.7 Å². The third kappa shape index (κ3) is 6.23. The van der Waals surface area contributed by atoms with Crippen molar-refractivity contribution in [3.05, 3.63) is 33.1 Å². The zero-order chi connectivity index (χ0) is 23.1. The number of phosphoric ester groups is 1. The minimum atomic E-state index is -5.77. The van der Waals surface area contributed by atoms with E-state index >= 15 is 0 Å². The number of nitrogens with zero attached hydrogens (tertiary/aromatic N) is 1. The van der Waals surface area contributed by atoms with Gasteiger partial charge in [0.2, 0.25) is 0 Å². The molecule has 2 unspecified atom stereocenters. The molecule has 0 saturated carbocycles. The van der Waals surface area contributed by atoms with Gasteiger partial charge < -0.3 is 29.4 Å². The monoisotopic (exact) mass is 500 g/mol. The summed E-state index contributed by atoms with van der Waals surface area (Å²) < 4.78 is 65.4. The Morgan fingerprint density at radius 1 is 1.20 bits per heavy atom. The fraction of sp³-hybridized carbons (Fsp3) is 0.600. The predicted octanol–water partition coefficient (Wildman–Crippen LogP) is -1.13. The van der Waals surface area contributed by atoms with Crippen molar-refractivity contribution in [2.24, 2.45) is 0 Å². The minimum absolute atomic E-state index is 0.593. The van der Waals surface area contributed by atoms with E-state index in [2.05, 4.69) is 13.1 Å². The summed E-state index contributed by atoms with van der Waals surface area (Å²) in [6.45, 7) is -0.316. The number of phosphoric acid groups is 3. The Hall–Kier alpha value is -1.06. The van der Waals surface area contributed by atoms with Gasteiger partial charge in [0.25, 0.3) is 5.56 Å². The largest absolute Gasteiger partial charge is 0.490 e. The van der Waals surface area contributed by atoms with Crippen molar-refractivity contribution in [3.8, 4) is 0 Å².